The summed E-state index contributed by atoms with van der Waals surface area (Å²) in [4.78, 5) is 2.34. The molecule has 0 unspecified atom stereocenters. The van der Waals surface area contributed by atoms with Crippen LogP contribution in [-0.2, 0) is 0 Å². The number of benzene rings is 10. The van der Waals surface area contributed by atoms with Gasteiger partial charge >= 0.3 is 0 Å². The van der Waals surface area contributed by atoms with Gasteiger partial charge in [0.2, 0.25) is 0 Å². The van der Waals surface area contributed by atoms with E-state index in [2.05, 4.69) is 217 Å². The molecule has 0 radical (unpaired) electrons. The maximum Gasteiger partial charge on any atom is 0.143 e. The molecule has 0 aliphatic carbocycles. The minimum Gasteiger partial charge on any atom is -0.455 e. The van der Waals surface area contributed by atoms with Crippen molar-refractivity contribution >= 4 is 60.5 Å². The van der Waals surface area contributed by atoms with Crippen LogP contribution >= 0.6 is 0 Å². The fraction of sp³-hybridized carbons (Fsp3) is 0. The molecule has 0 fully saturated rings. The van der Waals surface area contributed by atoms with Crippen LogP contribution in [0.3, 0.4) is 0 Å². The normalized spacial score (nSPS) is 11.4. The third kappa shape index (κ3) is 5.91. The molecule has 0 spiro atoms. The van der Waals surface area contributed by atoms with Gasteiger partial charge in [0, 0.05) is 33.4 Å². The molecule has 0 aliphatic heterocycles. The number of para-hydroxylation sites is 2. The van der Waals surface area contributed by atoms with Gasteiger partial charge in [-0.15, -0.1) is 0 Å². The van der Waals surface area contributed by atoms with Crippen molar-refractivity contribution in [3.63, 3.8) is 0 Å². The SMILES string of the molecule is c1ccc(-c2ccc(-c3ccc(N(c4ccc(-c5cc6ccccc6c6ccccc56)cc4)c4ccc(-c5cccc6c5oc5ccccc56)cc4)cc3)cc2)cc1. The zero-order chi connectivity index (χ0) is 38.4. The first kappa shape index (κ1) is 33.6. The summed E-state index contributed by atoms with van der Waals surface area (Å²) in [6, 6.07) is 80.6. The van der Waals surface area contributed by atoms with Gasteiger partial charge in [0.1, 0.15) is 11.2 Å². The van der Waals surface area contributed by atoms with Crippen molar-refractivity contribution in [1.29, 1.82) is 0 Å². The summed E-state index contributed by atoms with van der Waals surface area (Å²) in [6.07, 6.45) is 0. The van der Waals surface area contributed by atoms with E-state index >= 15 is 0 Å². The van der Waals surface area contributed by atoms with E-state index in [1.807, 2.05) is 12.1 Å². The molecule has 58 heavy (non-hydrogen) atoms. The fourth-order valence-electron chi connectivity index (χ4n) is 8.58. The Morgan fingerprint density at radius 2 is 0.724 bits per heavy atom. The average Bonchev–Trinajstić information content (AvgIpc) is 3.69. The number of hydrogen-bond donors (Lipinski definition) is 0. The summed E-state index contributed by atoms with van der Waals surface area (Å²) in [7, 11) is 0. The van der Waals surface area contributed by atoms with Gasteiger partial charge in [0.25, 0.3) is 0 Å². The van der Waals surface area contributed by atoms with Crippen LogP contribution in [0.25, 0.3) is 88.0 Å². The van der Waals surface area contributed by atoms with Crippen LogP contribution in [0.4, 0.5) is 17.1 Å². The van der Waals surface area contributed by atoms with E-state index in [0.717, 1.165) is 50.1 Å². The van der Waals surface area contributed by atoms with E-state index < -0.39 is 0 Å². The van der Waals surface area contributed by atoms with Crippen LogP contribution in [0, 0.1) is 0 Å². The van der Waals surface area contributed by atoms with Gasteiger partial charge in [-0.1, -0.05) is 176 Å². The van der Waals surface area contributed by atoms with Gasteiger partial charge in [-0.2, -0.15) is 0 Å². The van der Waals surface area contributed by atoms with Gasteiger partial charge in [-0.3, -0.25) is 0 Å². The molecular formula is C56H37NO. The molecule has 1 aromatic heterocycles. The molecule has 0 aliphatic rings. The second-order valence-corrected chi connectivity index (χ2v) is 14.9. The van der Waals surface area contributed by atoms with Gasteiger partial charge in [-0.05, 0) is 109 Å². The number of anilines is 3. The molecule has 0 amide bonds. The van der Waals surface area contributed by atoms with Crippen molar-refractivity contribution in [3.8, 4) is 44.5 Å². The van der Waals surface area contributed by atoms with Crippen molar-refractivity contribution < 1.29 is 4.42 Å². The Labute approximate surface area is 337 Å². The third-order valence-corrected chi connectivity index (χ3v) is 11.5. The standard InChI is InChI=1S/C56H37NO/c1-2-11-38(12-3-1)39-21-23-40(24-22-39)41-25-31-45(32-26-41)57(46-33-27-42(28-34-46)49-18-10-19-53-52-17-8-9-20-55(52)58-56(49)53)47-35-29-43(30-36-47)54-37-44-13-4-5-14-48(44)50-15-6-7-16-51(50)54/h1-37H. The molecule has 11 aromatic rings. The quantitative estimate of drug-likeness (QED) is 0.151. The van der Waals surface area contributed by atoms with Gasteiger partial charge in [-0.25, -0.2) is 0 Å². The number of furan rings is 1. The van der Waals surface area contributed by atoms with Crippen LogP contribution in [0.15, 0.2) is 229 Å². The Kier molecular flexibility index (Phi) is 8.19. The van der Waals surface area contributed by atoms with Crippen molar-refractivity contribution in [2.45, 2.75) is 0 Å². The van der Waals surface area contributed by atoms with Crippen LogP contribution < -0.4 is 4.90 Å². The van der Waals surface area contributed by atoms with E-state index in [0.29, 0.717) is 0 Å². The molecule has 0 bridgehead atoms. The van der Waals surface area contributed by atoms with Crippen LogP contribution in [-0.4, -0.2) is 0 Å². The zero-order valence-corrected chi connectivity index (χ0v) is 31.7. The highest BCUT2D eigenvalue weighted by atomic mass is 16.3. The monoisotopic (exact) mass is 739 g/mol. The Hall–Kier alpha value is -7.68. The summed E-state index contributed by atoms with van der Waals surface area (Å²) >= 11 is 0. The molecule has 2 heteroatoms. The summed E-state index contributed by atoms with van der Waals surface area (Å²) in [5, 5.41) is 7.32. The van der Waals surface area contributed by atoms with Crippen molar-refractivity contribution in [1.82, 2.24) is 0 Å². The van der Waals surface area contributed by atoms with Crippen molar-refractivity contribution in [2.24, 2.45) is 0 Å². The Morgan fingerprint density at radius 1 is 0.276 bits per heavy atom. The molecule has 0 N–H and O–H groups in total. The topological polar surface area (TPSA) is 16.4 Å². The molecule has 2 nitrogen and oxygen atoms in total. The lowest BCUT2D eigenvalue weighted by atomic mass is 9.93. The predicted octanol–water partition coefficient (Wildman–Crippen LogP) is 16.0. The summed E-state index contributed by atoms with van der Waals surface area (Å²) in [5.74, 6) is 0. The fourth-order valence-corrected chi connectivity index (χ4v) is 8.58. The highest BCUT2D eigenvalue weighted by Gasteiger charge is 2.17. The van der Waals surface area contributed by atoms with Gasteiger partial charge in [0.15, 0.2) is 0 Å². The first-order valence-electron chi connectivity index (χ1n) is 19.8. The minimum absolute atomic E-state index is 0.906. The van der Waals surface area contributed by atoms with E-state index in [1.54, 1.807) is 0 Å². The number of hydrogen-bond acceptors (Lipinski definition) is 2. The number of nitrogens with zero attached hydrogens (tertiary/aromatic N) is 1. The first-order chi connectivity index (χ1) is 28.7. The molecule has 0 saturated carbocycles. The molecular weight excluding hydrogens is 703 g/mol. The highest BCUT2D eigenvalue weighted by Crippen LogP contribution is 2.41. The summed E-state index contributed by atoms with van der Waals surface area (Å²) < 4.78 is 6.42. The zero-order valence-electron chi connectivity index (χ0n) is 31.7. The maximum absolute atomic E-state index is 6.42. The Bertz CT molecular complexity index is 3230. The predicted molar refractivity (Wildman–Crippen MR) is 245 cm³/mol. The Balaban J connectivity index is 0.982. The molecule has 272 valence electrons. The average molecular weight is 740 g/mol. The van der Waals surface area contributed by atoms with Gasteiger partial charge < -0.3 is 9.32 Å². The largest absolute Gasteiger partial charge is 0.455 e. The lowest BCUT2D eigenvalue weighted by Crippen LogP contribution is -2.09. The molecule has 10 aromatic carbocycles. The summed E-state index contributed by atoms with van der Waals surface area (Å²) in [5.41, 5.74) is 14.5. The third-order valence-electron chi connectivity index (χ3n) is 11.5. The first-order valence-corrected chi connectivity index (χ1v) is 19.8. The van der Waals surface area contributed by atoms with Gasteiger partial charge in [0.05, 0.1) is 0 Å². The molecule has 0 atom stereocenters. The number of fused-ring (bicyclic) bond motifs is 6. The maximum atomic E-state index is 6.42. The smallest absolute Gasteiger partial charge is 0.143 e. The van der Waals surface area contributed by atoms with Crippen LogP contribution in [0.1, 0.15) is 0 Å². The lowest BCUT2D eigenvalue weighted by Gasteiger charge is -2.26. The van der Waals surface area contributed by atoms with Crippen LogP contribution in [0.2, 0.25) is 0 Å². The highest BCUT2D eigenvalue weighted by molar-refractivity contribution is 6.14. The minimum atomic E-state index is 0.906. The summed E-state index contributed by atoms with van der Waals surface area (Å²) in [6.45, 7) is 0. The Morgan fingerprint density at radius 3 is 1.36 bits per heavy atom. The molecule has 0 saturated heterocycles. The van der Waals surface area contributed by atoms with E-state index in [9.17, 15) is 0 Å². The van der Waals surface area contributed by atoms with E-state index in [4.69, 9.17) is 4.42 Å². The van der Waals surface area contributed by atoms with E-state index in [-0.39, 0.29) is 0 Å². The van der Waals surface area contributed by atoms with Crippen molar-refractivity contribution in [2.75, 3.05) is 4.90 Å². The van der Waals surface area contributed by atoms with E-state index in [1.165, 1.54) is 54.9 Å². The second-order valence-electron chi connectivity index (χ2n) is 14.9. The second kappa shape index (κ2) is 14.1. The molecule has 1 heterocycles. The number of rotatable bonds is 7. The molecule has 11 rings (SSSR count). The lowest BCUT2D eigenvalue weighted by molar-refractivity contribution is 0.670. The van der Waals surface area contributed by atoms with Crippen molar-refractivity contribution in [3.05, 3.63) is 224 Å². The van der Waals surface area contributed by atoms with Crippen LogP contribution in [0.5, 0.6) is 0 Å².